The van der Waals surface area contributed by atoms with Crippen LogP contribution in [0.3, 0.4) is 0 Å². The van der Waals surface area contributed by atoms with Gasteiger partial charge in [0.1, 0.15) is 12.4 Å². The van der Waals surface area contributed by atoms with Gasteiger partial charge in [-0.05, 0) is 48.5 Å². The van der Waals surface area contributed by atoms with Crippen LogP contribution in [-0.4, -0.2) is 31.6 Å². The zero-order chi connectivity index (χ0) is 17.6. The van der Waals surface area contributed by atoms with Gasteiger partial charge in [0.2, 0.25) is 0 Å². The minimum atomic E-state index is -0.207. The second kappa shape index (κ2) is 7.53. The van der Waals surface area contributed by atoms with Gasteiger partial charge < -0.3 is 15.4 Å². The second-order valence-electron chi connectivity index (χ2n) is 5.51. The summed E-state index contributed by atoms with van der Waals surface area (Å²) in [4.78, 5) is 25.6. The molecule has 0 radical (unpaired) electrons. The predicted molar refractivity (Wildman–Crippen MR) is 97.3 cm³/mol. The first-order chi connectivity index (χ1) is 12.2. The molecule has 0 unspecified atom stereocenters. The van der Waals surface area contributed by atoms with Crippen LogP contribution in [0.5, 0.6) is 5.75 Å². The topological polar surface area (TPSA) is 70.7 Å². The lowest BCUT2D eigenvalue weighted by molar-refractivity contribution is 0.102. The minimum Gasteiger partial charge on any atom is -0.490 e. The Kier molecular flexibility index (Phi) is 4.99. The molecule has 2 aromatic rings. The summed E-state index contributed by atoms with van der Waals surface area (Å²) < 4.78 is 5.39. The molecule has 3 amide bonds. The third-order valence-electron chi connectivity index (χ3n) is 3.78. The third kappa shape index (κ3) is 3.98. The molecule has 1 fully saturated rings. The molecule has 0 bridgehead atoms. The Bertz CT molecular complexity index is 770. The molecule has 0 aliphatic carbocycles. The van der Waals surface area contributed by atoms with E-state index in [0.29, 0.717) is 36.7 Å². The van der Waals surface area contributed by atoms with E-state index < -0.39 is 0 Å². The van der Waals surface area contributed by atoms with Gasteiger partial charge >= 0.3 is 6.03 Å². The summed E-state index contributed by atoms with van der Waals surface area (Å²) in [7, 11) is 0. The number of amides is 3. The summed E-state index contributed by atoms with van der Waals surface area (Å²) in [5, 5.41) is 5.59. The van der Waals surface area contributed by atoms with Crippen LogP contribution in [0.2, 0.25) is 0 Å². The highest BCUT2D eigenvalue weighted by atomic mass is 16.5. The van der Waals surface area contributed by atoms with Crippen molar-refractivity contribution in [2.45, 2.75) is 0 Å². The maximum Gasteiger partial charge on any atom is 0.321 e. The summed E-state index contributed by atoms with van der Waals surface area (Å²) in [5.74, 6) is 0.478. The lowest BCUT2D eigenvalue weighted by Gasteiger charge is -2.14. The van der Waals surface area contributed by atoms with Crippen LogP contribution < -0.4 is 20.3 Å². The molecule has 25 heavy (non-hydrogen) atoms. The summed E-state index contributed by atoms with van der Waals surface area (Å²) in [5.41, 5.74) is 2.01. The number of carbonyl (C=O) groups is 2. The monoisotopic (exact) mass is 337 g/mol. The molecule has 0 aromatic heterocycles. The van der Waals surface area contributed by atoms with E-state index in [1.165, 1.54) is 0 Å². The van der Waals surface area contributed by atoms with Crippen molar-refractivity contribution in [3.63, 3.8) is 0 Å². The fraction of sp³-hybridized carbons (Fsp3) is 0.158. The van der Waals surface area contributed by atoms with Gasteiger partial charge in [-0.3, -0.25) is 9.69 Å². The number of nitrogens with zero attached hydrogens (tertiary/aromatic N) is 1. The Morgan fingerprint density at radius 2 is 1.92 bits per heavy atom. The molecular formula is C19H19N3O3. The van der Waals surface area contributed by atoms with E-state index in [0.717, 1.165) is 5.69 Å². The number of benzene rings is 2. The van der Waals surface area contributed by atoms with Crippen molar-refractivity contribution >= 4 is 23.3 Å². The molecule has 1 aliphatic rings. The largest absolute Gasteiger partial charge is 0.490 e. The Morgan fingerprint density at radius 1 is 1.20 bits per heavy atom. The Morgan fingerprint density at radius 3 is 2.52 bits per heavy atom. The normalized spacial score (nSPS) is 13.3. The lowest BCUT2D eigenvalue weighted by atomic mass is 10.2. The van der Waals surface area contributed by atoms with Crippen molar-refractivity contribution in [3.05, 3.63) is 66.7 Å². The summed E-state index contributed by atoms with van der Waals surface area (Å²) in [6.45, 7) is 5.30. The van der Waals surface area contributed by atoms with E-state index in [4.69, 9.17) is 4.74 Å². The van der Waals surface area contributed by atoms with Crippen LogP contribution in [0, 0.1) is 0 Å². The summed E-state index contributed by atoms with van der Waals surface area (Å²) >= 11 is 0. The van der Waals surface area contributed by atoms with Gasteiger partial charge in [0.25, 0.3) is 5.91 Å². The molecule has 2 N–H and O–H groups in total. The quantitative estimate of drug-likeness (QED) is 0.796. The molecule has 0 spiro atoms. The molecule has 3 rings (SSSR count). The summed E-state index contributed by atoms with van der Waals surface area (Å²) in [6, 6.07) is 14.0. The van der Waals surface area contributed by atoms with Gasteiger partial charge in [-0.2, -0.15) is 0 Å². The fourth-order valence-corrected chi connectivity index (χ4v) is 2.50. The SMILES string of the molecule is C=CCOc1ccc(C(=O)Nc2ccc(N3CCNC3=O)cc2)cc1. The van der Waals surface area contributed by atoms with Crippen molar-refractivity contribution in [1.29, 1.82) is 0 Å². The lowest BCUT2D eigenvalue weighted by Crippen LogP contribution is -2.27. The standard InChI is InChI=1S/C19H19N3O3/c1-2-13-25-17-9-3-14(4-10-17)18(23)21-15-5-7-16(8-6-15)22-12-11-20-19(22)24/h2-10H,1,11-13H2,(H,20,24)(H,21,23). The van der Waals surface area contributed by atoms with Crippen molar-refractivity contribution in [2.75, 3.05) is 29.9 Å². The van der Waals surface area contributed by atoms with E-state index in [9.17, 15) is 9.59 Å². The van der Waals surface area contributed by atoms with Gasteiger partial charge in [-0.25, -0.2) is 4.79 Å². The smallest absolute Gasteiger partial charge is 0.321 e. The number of hydrogen-bond donors (Lipinski definition) is 2. The van der Waals surface area contributed by atoms with Crippen LogP contribution in [0.4, 0.5) is 16.2 Å². The first kappa shape index (κ1) is 16.6. The van der Waals surface area contributed by atoms with E-state index >= 15 is 0 Å². The average Bonchev–Trinajstić information content (AvgIpc) is 3.07. The zero-order valence-electron chi connectivity index (χ0n) is 13.7. The van der Waals surface area contributed by atoms with Crippen LogP contribution >= 0.6 is 0 Å². The van der Waals surface area contributed by atoms with Crippen molar-refractivity contribution in [2.24, 2.45) is 0 Å². The number of carbonyl (C=O) groups excluding carboxylic acids is 2. The van der Waals surface area contributed by atoms with Crippen molar-refractivity contribution in [1.82, 2.24) is 5.32 Å². The van der Waals surface area contributed by atoms with Crippen molar-refractivity contribution < 1.29 is 14.3 Å². The summed E-state index contributed by atoms with van der Waals surface area (Å²) in [6.07, 6.45) is 1.66. The molecule has 0 atom stereocenters. The molecule has 6 heteroatoms. The Balaban J connectivity index is 1.62. The average molecular weight is 337 g/mol. The van der Waals surface area contributed by atoms with Crippen LogP contribution in [0.25, 0.3) is 0 Å². The number of urea groups is 1. The number of anilines is 2. The van der Waals surface area contributed by atoms with E-state index in [1.807, 2.05) is 12.1 Å². The van der Waals surface area contributed by atoms with Gasteiger partial charge in [0.15, 0.2) is 0 Å². The van der Waals surface area contributed by atoms with E-state index in [1.54, 1.807) is 47.4 Å². The predicted octanol–water partition coefficient (Wildman–Crippen LogP) is 3.03. The van der Waals surface area contributed by atoms with E-state index in [-0.39, 0.29) is 11.9 Å². The van der Waals surface area contributed by atoms with Gasteiger partial charge in [0, 0.05) is 30.0 Å². The first-order valence-electron chi connectivity index (χ1n) is 7.98. The van der Waals surface area contributed by atoms with Gasteiger partial charge in [0.05, 0.1) is 0 Å². The van der Waals surface area contributed by atoms with Gasteiger partial charge in [-0.1, -0.05) is 12.7 Å². The zero-order valence-corrected chi connectivity index (χ0v) is 13.7. The molecule has 2 aromatic carbocycles. The first-order valence-corrected chi connectivity index (χ1v) is 7.98. The fourth-order valence-electron chi connectivity index (χ4n) is 2.50. The number of hydrogen-bond acceptors (Lipinski definition) is 3. The van der Waals surface area contributed by atoms with Crippen LogP contribution in [-0.2, 0) is 0 Å². The van der Waals surface area contributed by atoms with Crippen molar-refractivity contribution in [3.8, 4) is 5.75 Å². The third-order valence-corrected chi connectivity index (χ3v) is 3.78. The Labute approximate surface area is 146 Å². The molecular weight excluding hydrogens is 318 g/mol. The molecule has 6 nitrogen and oxygen atoms in total. The van der Waals surface area contributed by atoms with E-state index in [2.05, 4.69) is 17.2 Å². The highest BCUT2D eigenvalue weighted by Gasteiger charge is 2.20. The highest BCUT2D eigenvalue weighted by Crippen LogP contribution is 2.20. The van der Waals surface area contributed by atoms with Crippen LogP contribution in [0.1, 0.15) is 10.4 Å². The maximum absolute atomic E-state index is 12.3. The number of rotatable bonds is 6. The van der Waals surface area contributed by atoms with Gasteiger partial charge in [-0.15, -0.1) is 0 Å². The molecule has 1 saturated heterocycles. The molecule has 128 valence electrons. The molecule has 1 heterocycles. The second-order valence-corrected chi connectivity index (χ2v) is 5.51. The highest BCUT2D eigenvalue weighted by molar-refractivity contribution is 6.04. The molecule has 1 aliphatic heterocycles. The molecule has 0 saturated carbocycles. The Hall–Kier alpha value is -3.28. The number of ether oxygens (including phenoxy) is 1. The van der Waals surface area contributed by atoms with Crippen LogP contribution in [0.15, 0.2) is 61.2 Å². The minimum absolute atomic E-state index is 0.101. The number of nitrogens with one attached hydrogen (secondary N) is 2. The maximum atomic E-state index is 12.3.